The van der Waals surface area contributed by atoms with E-state index < -0.39 is 0 Å². The van der Waals surface area contributed by atoms with Gasteiger partial charge in [0, 0.05) is 32.9 Å². The number of urea groups is 1. The van der Waals surface area contributed by atoms with Gasteiger partial charge in [-0.05, 0) is 48.4 Å². The van der Waals surface area contributed by atoms with Crippen LogP contribution in [0.2, 0.25) is 0 Å². The van der Waals surface area contributed by atoms with Gasteiger partial charge in [-0.15, -0.1) is 0 Å². The number of carbonyl (C=O) groups is 1. The van der Waals surface area contributed by atoms with Gasteiger partial charge in [0.1, 0.15) is 5.75 Å². The highest BCUT2D eigenvalue weighted by molar-refractivity contribution is 5.74. The number of carbonyl (C=O) groups excluding carboxylic acids is 1. The van der Waals surface area contributed by atoms with E-state index in [4.69, 9.17) is 0 Å². The first-order chi connectivity index (χ1) is 11.6. The first kappa shape index (κ1) is 16.4. The lowest BCUT2D eigenvalue weighted by Gasteiger charge is -2.17. The first-order valence-electron chi connectivity index (χ1n) is 8.38. The van der Waals surface area contributed by atoms with Crippen molar-refractivity contribution in [2.45, 2.75) is 19.3 Å². The Morgan fingerprint density at radius 2 is 2.29 bits per heavy atom. The van der Waals surface area contributed by atoms with Crippen LogP contribution in [0.3, 0.4) is 0 Å². The number of nitrogens with one attached hydrogen (secondary N) is 1. The molecule has 3 rings (SSSR count). The number of likely N-dealkylation sites (tertiary alicyclic amines) is 1. The van der Waals surface area contributed by atoms with Gasteiger partial charge in [-0.25, -0.2) is 4.79 Å². The van der Waals surface area contributed by atoms with E-state index in [1.807, 2.05) is 41.2 Å². The van der Waals surface area contributed by atoms with Gasteiger partial charge >= 0.3 is 6.03 Å². The number of aromatic hydroxyl groups is 1. The Morgan fingerprint density at radius 1 is 1.42 bits per heavy atom. The number of phenols is 1. The van der Waals surface area contributed by atoms with Crippen LogP contribution in [0, 0.1) is 5.92 Å². The SMILES string of the molecule is Cn1cc(C[C@@H]2CCN(C(=O)NCCc3cccc(O)c3)C2)cn1. The van der Waals surface area contributed by atoms with Crippen molar-refractivity contribution in [3.8, 4) is 5.75 Å². The average Bonchev–Trinajstić information content (AvgIpc) is 3.17. The van der Waals surface area contributed by atoms with Crippen LogP contribution in [0.5, 0.6) is 5.75 Å². The Hall–Kier alpha value is -2.50. The molecule has 128 valence electrons. The third-order valence-electron chi connectivity index (χ3n) is 4.46. The number of phenolic OH excluding ortho intramolecular Hbond substituents is 1. The molecule has 0 aliphatic carbocycles. The summed E-state index contributed by atoms with van der Waals surface area (Å²) < 4.78 is 1.82. The van der Waals surface area contributed by atoms with Crippen molar-refractivity contribution in [1.29, 1.82) is 0 Å². The summed E-state index contributed by atoms with van der Waals surface area (Å²) in [6, 6.07) is 7.14. The van der Waals surface area contributed by atoms with Crippen molar-refractivity contribution < 1.29 is 9.90 Å². The van der Waals surface area contributed by atoms with E-state index in [2.05, 4.69) is 10.4 Å². The summed E-state index contributed by atoms with van der Waals surface area (Å²) in [7, 11) is 1.92. The molecule has 2 amide bonds. The van der Waals surface area contributed by atoms with Crippen molar-refractivity contribution in [1.82, 2.24) is 20.0 Å². The zero-order valence-electron chi connectivity index (χ0n) is 14.0. The maximum atomic E-state index is 12.3. The number of amides is 2. The highest BCUT2D eigenvalue weighted by Crippen LogP contribution is 2.20. The Bertz CT molecular complexity index is 698. The number of rotatable bonds is 5. The van der Waals surface area contributed by atoms with Crippen LogP contribution < -0.4 is 5.32 Å². The second-order valence-corrected chi connectivity index (χ2v) is 6.48. The number of aromatic nitrogens is 2. The average molecular weight is 328 g/mol. The van der Waals surface area contributed by atoms with Gasteiger partial charge in [0.25, 0.3) is 0 Å². The molecule has 0 radical (unpaired) electrons. The molecule has 1 saturated heterocycles. The van der Waals surface area contributed by atoms with Crippen LogP contribution in [0.1, 0.15) is 17.5 Å². The molecular weight excluding hydrogens is 304 g/mol. The van der Waals surface area contributed by atoms with E-state index in [0.29, 0.717) is 18.9 Å². The normalized spacial score (nSPS) is 17.2. The van der Waals surface area contributed by atoms with Crippen LogP contribution in [0.4, 0.5) is 4.79 Å². The molecule has 6 nitrogen and oxygen atoms in total. The Labute approximate surface area is 142 Å². The quantitative estimate of drug-likeness (QED) is 0.881. The van der Waals surface area contributed by atoms with Crippen LogP contribution >= 0.6 is 0 Å². The standard InChI is InChI=1S/C18H24N4O2/c1-21-12-16(11-20-21)9-15-6-8-22(13-15)18(24)19-7-5-14-3-2-4-17(23)10-14/h2-4,10-12,15,23H,5-9,13H2,1H3,(H,19,24)/t15-/m0/s1. The minimum atomic E-state index is 0.00356. The van der Waals surface area contributed by atoms with Gasteiger partial charge in [-0.1, -0.05) is 12.1 Å². The molecule has 2 aromatic rings. The molecule has 24 heavy (non-hydrogen) atoms. The lowest BCUT2D eigenvalue weighted by atomic mass is 10.0. The summed E-state index contributed by atoms with van der Waals surface area (Å²) in [4.78, 5) is 14.1. The summed E-state index contributed by atoms with van der Waals surface area (Å²) in [6.07, 6.45) is 6.67. The van der Waals surface area contributed by atoms with Crippen molar-refractivity contribution in [2.24, 2.45) is 13.0 Å². The maximum absolute atomic E-state index is 12.3. The van der Waals surface area contributed by atoms with E-state index in [9.17, 15) is 9.90 Å². The maximum Gasteiger partial charge on any atom is 0.317 e. The van der Waals surface area contributed by atoms with Gasteiger partial charge < -0.3 is 15.3 Å². The van der Waals surface area contributed by atoms with Crippen molar-refractivity contribution in [3.63, 3.8) is 0 Å². The summed E-state index contributed by atoms with van der Waals surface area (Å²) >= 11 is 0. The van der Waals surface area contributed by atoms with Crippen molar-refractivity contribution in [2.75, 3.05) is 19.6 Å². The smallest absolute Gasteiger partial charge is 0.317 e. The zero-order valence-corrected chi connectivity index (χ0v) is 14.0. The number of nitrogens with zero attached hydrogens (tertiary/aromatic N) is 3. The molecule has 1 aliphatic heterocycles. The van der Waals surface area contributed by atoms with Crippen LogP contribution in [-0.4, -0.2) is 45.5 Å². The van der Waals surface area contributed by atoms with E-state index in [1.165, 1.54) is 5.56 Å². The molecule has 1 aromatic carbocycles. The monoisotopic (exact) mass is 328 g/mol. The van der Waals surface area contributed by atoms with Gasteiger partial charge in [0.2, 0.25) is 0 Å². The third-order valence-corrected chi connectivity index (χ3v) is 4.46. The molecule has 2 heterocycles. The summed E-state index contributed by atoms with van der Waals surface area (Å²) in [5.41, 5.74) is 2.25. The molecule has 2 N–H and O–H groups in total. The Balaban J connectivity index is 1.41. The van der Waals surface area contributed by atoms with Crippen LogP contribution in [0.15, 0.2) is 36.7 Å². The fourth-order valence-corrected chi connectivity index (χ4v) is 3.23. The van der Waals surface area contributed by atoms with E-state index >= 15 is 0 Å². The molecule has 0 saturated carbocycles. The number of hydrogen-bond acceptors (Lipinski definition) is 3. The topological polar surface area (TPSA) is 70.4 Å². The van der Waals surface area contributed by atoms with Crippen molar-refractivity contribution >= 4 is 6.03 Å². The molecule has 6 heteroatoms. The Kier molecular flexibility index (Phi) is 5.03. The Morgan fingerprint density at radius 3 is 3.04 bits per heavy atom. The number of hydrogen-bond donors (Lipinski definition) is 2. The predicted molar refractivity (Wildman–Crippen MR) is 91.8 cm³/mol. The van der Waals surface area contributed by atoms with E-state index in [0.717, 1.165) is 31.5 Å². The zero-order chi connectivity index (χ0) is 16.9. The van der Waals surface area contributed by atoms with Crippen LogP contribution in [-0.2, 0) is 19.9 Å². The second kappa shape index (κ2) is 7.38. The molecule has 0 unspecified atom stereocenters. The molecule has 1 fully saturated rings. The lowest BCUT2D eigenvalue weighted by molar-refractivity contribution is 0.207. The van der Waals surface area contributed by atoms with E-state index in [1.54, 1.807) is 12.1 Å². The van der Waals surface area contributed by atoms with Crippen molar-refractivity contribution in [3.05, 3.63) is 47.8 Å². The molecular formula is C18H24N4O2. The highest BCUT2D eigenvalue weighted by atomic mass is 16.3. The molecule has 1 aliphatic rings. The fraction of sp³-hybridized carbons (Fsp3) is 0.444. The van der Waals surface area contributed by atoms with E-state index in [-0.39, 0.29) is 11.8 Å². The molecule has 0 bridgehead atoms. The second-order valence-electron chi connectivity index (χ2n) is 6.48. The third kappa shape index (κ3) is 4.28. The van der Waals surface area contributed by atoms with Crippen LogP contribution in [0.25, 0.3) is 0 Å². The predicted octanol–water partition coefficient (Wildman–Crippen LogP) is 1.94. The minimum absolute atomic E-state index is 0.00356. The summed E-state index contributed by atoms with van der Waals surface area (Å²) in [5.74, 6) is 0.766. The number of benzene rings is 1. The summed E-state index contributed by atoms with van der Waals surface area (Å²) in [6.45, 7) is 2.18. The highest BCUT2D eigenvalue weighted by Gasteiger charge is 2.26. The minimum Gasteiger partial charge on any atom is -0.508 e. The lowest BCUT2D eigenvalue weighted by Crippen LogP contribution is -2.39. The summed E-state index contributed by atoms with van der Waals surface area (Å²) in [5, 5.41) is 16.6. The molecule has 1 aromatic heterocycles. The molecule has 1 atom stereocenters. The fourth-order valence-electron chi connectivity index (χ4n) is 3.23. The first-order valence-corrected chi connectivity index (χ1v) is 8.38. The van der Waals surface area contributed by atoms with Gasteiger partial charge in [-0.3, -0.25) is 4.68 Å². The number of aryl methyl sites for hydroxylation is 1. The largest absolute Gasteiger partial charge is 0.508 e. The van der Waals surface area contributed by atoms with Gasteiger partial charge in [-0.2, -0.15) is 5.10 Å². The molecule has 0 spiro atoms. The van der Waals surface area contributed by atoms with Gasteiger partial charge in [0.15, 0.2) is 0 Å². The van der Waals surface area contributed by atoms with Gasteiger partial charge in [0.05, 0.1) is 6.20 Å².